The van der Waals surface area contributed by atoms with Gasteiger partial charge in [0.1, 0.15) is 5.60 Å². The van der Waals surface area contributed by atoms with E-state index in [9.17, 15) is 4.79 Å². The molecule has 0 saturated carbocycles. The predicted octanol–water partition coefficient (Wildman–Crippen LogP) is 2.52. The first-order valence-electron chi connectivity index (χ1n) is 4.29. The van der Waals surface area contributed by atoms with Crippen molar-refractivity contribution < 1.29 is 14.1 Å². The fourth-order valence-electron chi connectivity index (χ4n) is 0.845. The molecule has 0 atom stereocenters. The van der Waals surface area contributed by atoms with Crippen molar-refractivity contribution in [3.8, 4) is 0 Å². The zero-order chi connectivity index (χ0) is 10.8. The molecule has 0 aliphatic heterocycles. The summed E-state index contributed by atoms with van der Waals surface area (Å²) in [7, 11) is 0. The molecule has 0 aliphatic rings. The molecule has 0 spiro atoms. The number of halogens is 1. The van der Waals surface area contributed by atoms with Crippen LogP contribution in [-0.4, -0.2) is 11.7 Å². The summed E-state index contributed by atoms with van der Waals surface area (Å²) in [5.74, 6) is 0. The van der Waals surface area contributed by atoms with Crippen molar-refractivity contribution in [2.24, 2.45) is 0 Å². The number of hydrogen-bond acceptors (Lipinski definition) is 2. The molecule has 0 saturated heterocycles. The van der Waals surface area contributed by atoms with Crippen LogP contribution in [0.25, 0.3) is 0 Å². The maximum atomic E-state index is 11.5. The average Bonchev–Trinajstić information content (AvgIpc) is 2.02. The van der Waals surface area contributed by atoms with E-state index >= 15 is 0 Å². The van der Waals surface area contributed by atoms with Crippen LogP contribution in [0, 0.1) is 0 Å². The van der Waals surface area contributed by atoms with Crippen LogP contribution in [0.4, 0.5) is 4.79 Å². The summed E-state index contributed by atoms with van der Waals surface area (Å²) in [5, 5.41) is 0. The molecule has 0 fully saturated rings. The van der Waals surface area contributed by atoms with Crippen LogP contribution >= 0.6 is 15.9 Å². The van der Waals surface area contributed by atoms with Crippen molar-refractivity contribution in [1.29, 1.82) is 0 Å². The first kappa shape index (κ1) is 11.2. The number of pyridine rings is 1. The monoisotopic (exact) mass is 258 g/mol. The SMILES string of the molecule is CC(C)(C)OC(=O)[n+]1ccc(Br)cc1. The summed E-state index contributed by atoms with van der Waals surface area (Å²) in [6, 6.07) is 3.56. The number of carbonyl (C=O) groups is 1. The standard InChI is InChI=1S/C10H13BrNO2/c1-10(2,3)14-9(13)12-6-4-8(11)5-7-12/h4-7H,1-3H3/q+1. The molecule has 1 rings (SSSR count). The second-order valence-corrected chi connectivity index (χ2v) is 4.82. The summed E-state index contributed by atoms with van der Waals surface area (Å²) in [6.07, 6.45) is 2.93. The lowest BCUT2D eigenvalue weighted by Crippen LogP contribution is -2.45. The third kappa shape index (κ3) is 3.46. The zero-order valence-electron chi connectivity index (χ0n) is 8.45. The number of nitrogens with zero attached hydrogens (tertiary/aromatic N) is 1. The fraction of sp³-hybridized carbons (Fsp3) is 0.400. The minimum Gasteiger partial charge on any atom is -0.406 e. The van der Waals surface area contributed by atoms with Gasteiger partial charge in [0.05, 0.1) is 0 Å². The lowest BCUT2D eigenvalue weighted by atomic mass is 10.2. The molecule has 1 aromatic heterocycles. The normalized spacial score (nSPS) is 11.1. The van der Waals surface area contributed by atoms with Crippen LogP contribution in [0.1, 0.15) is 20.8 Å². The van der Waals surface area contributed by atoms with Crippen LogP contribution in [0.2, 0.25) is 0 Å². The van der Waals surface area contributed by atoms with Crippen molar-refractivity contribution in [2.75, 3.05) is 0 Å². The van der Waals surface area contributed by atoms with E-state index in [0.717, 1.165) is 4.47 Å². The average molecular weight is 259 g/mol. The second-order valence-electron chi connectivity index (χ2n) is 3.90. The van der Waals surface area contributed by atoms with Gasteiger partial charge >= 0.3 is 6.09 Å². The Morgan fingerprint density at radius 2 is 1.86 bits per heavy atom. The number of aromatic nitrogens is 1. The molecule has 0 aromatic carbocycles. The quantitative estimate of drug-likeness (QED) is 0.670. The Morgan fingerprint density at radius 3 is 2.29 bits per heavy atom. The van der Waals surface area contributed by atoms with Crippen molar-refractivity contribution in [2.45, 2.75) is 26.4 Å². The molecule has 0 aliphatic carbocycles. The molecule has 0 radical (unpaired) electrons. The molecule has 0 unspecified atom stereocenters. The molecular formula is C10H13BrNO2+. The van der Waals surface area contributed by atoms with E-state index in [0.29, 0.717) is 0 Å². The Hall–Kier alpha value is -0.900. The van der Waals surface area contributed by atoms with Gasteiger partial charge in [0.2, 0.25) is 0 Å². The molecule has 3 nitrogen and oxygen atoms in total. The summed E-state index contributed by atoms with van der Waals surface area (Å²) in [6.45, 7) is 5.51. The summed E-state index contributed by atoms with van der Waals surface area (Å²) >= 11 is 3.29. The van der Waals surface area contributed by atoms with Crippen molar-refractivity contribution in [3.05, 3.63) is 29.0 Å². The predicted molar refractivity (Wildman–Crippen MR) is 56.0 cm³/mol. The van der Waals surface area contributed by atoms with Gasteiger partial charge in [-0.1, -0.05) is 20.5 Å². The number of hydrogen-bond donors (Lipinski definition) is 0. The van der Waals surface area contributed by atoms with Gasteiger partial charge in [-0.05, 0) is 20.8 Å². The van der Waals surface area contributed by atoms with Crippen LogP contribution in [0.5, 0.6) is 0 Å². The van der Waals surface area contributed by atoms with Crippen molar-refractivity contribution in [3.63, 3.8) is 0 Å². The van der Waals surface area contributed by atoms with Gasteiger partial charge in [-0.3, -0.25) is 0 Å². The van der Waals surface area contributed by atoms with E-state index in [1.807, 2.05) is 20.8 Å². The lowest BCUT2D eigenvalue weighted by molar-refractivity contribution is -0.588. The highest BCUT2D eigenvalue weighted by Gasteiger charge is 2.23. The molecule has 4 heteroatoms. The number of ether oxygens (including phenoxy) is 1. The topological polar surface area (TPSA) is 30.2 Å². The van der Waals surface area contributed by atoms with Crippen LogP contribution in [-0.2, 0) is 4.74 Å². The fourth-order valence-corrected chi connectivity index (χ4v) is 1.08. The van der Waals surface area contributed by atoms with E-state index < -0.39 is 5.60 Å². The molecule has 14 heavy (non-hydrogen) atoms. The smallest absolute Gasteiger partial charge is 0.406 e. The maximum Gasteiger partial charge on any atom is 0.602 e. The minimum atomic E-state index is -0.461. The third-order valence-electron chi connectivity index (χ3n) is 1.39. The molecule has 0 amide bonds. The Balaban J connectivity index is 2.76. The largest absolute Gasteiger partial charge is 0.602 e. The zero-order valence-corrected chi connectivity index (χ0v) is 10.0. The second kappa shape index (κ2) is 4.09. The molecule has 76 valence electrons. The van der Waals surface area contributed by atoms with Gasteiger partial charge in [0.15, 0.2) is 12.4 Å². The van der Waals surface area contributed by atoms with Crippen LogP contribution < -0.4 is 4.57 Å². The van der Waals surface area contributed by atoms with E-state index in [-0.39, 0.29) is 6.09 Å². The number of rotatable bonds is 0. The van der Waals surface area contributed by atoms with Gasteiger partial charge in [-0.2, -0.15) is 4.79 Å². The maximum absolute atomic E-state index is 11.5. The summed E-state index contributed by atoms with van der Waals surface area (Å²) in [4.78, 5) is 11.5. The Morgan fingerprint density at radius 1 is 1.36 bits per heavy atom. The third-order valence-corrected chi connectivity index (χ3v) is 1.92. The highest BCUT2D eigenvalue weighted by molar-refractivity contribution is 9.10. The Kier molecular flexibility index (Phi) is 3.26. The van der Waals surface area contributed by atoms with E-state index in [4.69, 9.17) is 4.74 Å². The van der Waals surface area contributed by atoms with Gasteiger partial charge in [-0.25, -0.2) is 0 Å². The Bertz CT molecular complexity index is 327. The van der Waals surface area contributed by atoms with E-state index in [2.05, 4.69) is 15.9 Å². The summed E-state index contributed by atoms with van der Waals surface area (Å²) in [5.41, 5.74) is -0.461. The molecule has 0 bridgehead atoms. The highest BCUT2D eigenvalue weighted by atomic mass is 79.9. The van der Waals surface area contributed by atoms with Gasteiger partial charge in [0.25, 0.3) is 0 Å². The van der Waals surface area contributed by atoms with Crippen LogP contribution in [0.15, 0.2) is 29.0 Å². The summed E-state index contributed by atoms with van der Waals surface area (Å²) < 4.78 is 7.50. The van der Waals surface area contributed by atoms with Gasteiger partial charge in [-0.15, -0.1) is 0 Å². The van der Waals surface area contributed by atoms with E-state index in [1.165, 1.54) is 4.57 Å². The Labute approximate surface area is 91.8 Å². The first-order valence-corrected chi connectivity index (χ1v) is 5.08. The van der Waals surface area contributed by atoms with E-state index in [1.54, 1.807) is 24.5 Å². The van der Waals surface area contributed by atoms with Gasteiger partial charge < -0.3 is 4.74 Å². The first-order chi connectivity index (χ1) is 6.38. The van der Waals surface area contributed by atoms with Gasteiger partial charge in [0, 0.05) is 16.6 Å². The molecular weight excluding hydrogens is 246 g/mol. The highest BCUT2D eigenvalue weighted by Crippen LogP contribution is 2.07. The molecule has 1 heterocycles. The van der Waals surface area contributed by atoms with Crippen molar-refractivity contribution in [1.82, 2.24) is 0 Å². The lowest BCUT2D eigenvalue weighted by Gasteiger charge is -2.15. The van der Waals surface area contributed by atoms with Crippen LogP contribution in [0.3, 0.4) is 0 Å². The number of carbonyl (C=O) groups excluding carboxylic acids is 1. The minimum absolute atomic E-state index is 0.370. The molecule has 1 aromatic rings. The van der Waals surface area contributed by atoms with Crippen molar-refractivity contribution >= 4 is 22.0 Å². The molecule has 0 N–H and O–H groups in total.